The number of rotatable bonds is 9. The van der Waals surface area contributed by atoms with Crippen molar-refractivity contribution in [2.45, 2.75) is 26.9 Å². The van der Waals surface area contributed by atoms with Gasteiger partial charge in [-0.15, -0.1) is 0 Å². The fourth-order valence-corrected chi connectivity index (χ4v) is 4.13. The van der Waals surface area contributed by atoms with Crippen LogP contribution in [0.1, 0.15) is 30.5 Å². The van der Waals surface area contributed by atoms with Gasteiger partial charge in [-0.25, -0.2) is 4.39 Å². The maximum atomic E-state index is 13.4. The van der Waals surface area contributed by atoms with Crippen LogP contribution in [0.2, 0.25) is 0 Å². The number of nitrogens with zero attached hydrogens (tertiary/aromatic N) is 2. The smallest absolute Gasteiger partial charge is 0.271 e. The van der Waals surface area contributed by atoms with Crippen LogP contribution in [0.4, 0.5) is 4.39 Å². The van der Waals surface area contributed by atoms with E-state index in [0.29, 0.717) is 35.7 Å². The Kier molecular flexibility index (Phi) is 8.34. The van der Waals surface area contributed by atoms with Gasteiger partial charge in [0, 0.05) is 12.1 Å². The summed E-state index contributed by atoms with van der Waals surface area (Å²) >= 11 is 0. The fourth-order valence-electron chi connectivity index (χ4n) is 4.13. The van der Waals surface area contributed by atoms with Gasteiger partial charge < -0.3 is 9.47 Å². The SMILES string of the molecule is CCOc1cc(/C=C2/C(=O)N(CCc3ccccc3)C(=O)C(C#N)=C2C)ccc1OCc1ccc(F)cc1. The number of nitriles is 1. The minimum absolute atomic E-state index is 0.0480. The summed E-state index contributed by atoms with van der Waals surface area (Å²) in [6, 6.07) is 22.8. The van der Waals surface area contributed by atoms with E-state index < -0.39 is 11.8 Å². The number of amides is 2. The molecule has 0 atom stereocenters. The largest absolute Gasteiger partial charge is 0.490 e. The molecule has 1 heterocycles. The molecule has 2 amide bonds. The van der Waals surface area contributed by atoms with Crippen LogP contribution >= 0.6 is 0 Å². The molecule has 7 heteroatoms. The Labute approximate surface area is 221 Å². The van der Waals surface area contributed by atoms with Crippen molar-refractivity contribution in [3.63, 3.8) is 0 Å². The number of imide groups is 1. The van der Waals surface area contributed by atoms with Gasteiger partial charge in [0.05, 0.1) is 6.61 Å². The van der Waals surface area contributed by atoms with Crippen LogP contribution in [0.25, 0.3) is 6.08 Å². The van der Waals surface area contributed by atoms with E-state index in [1.807, 2.05) is 43.3 Å². The summed E-state index contributed by atoms with van der Waals surface area (Å²) in [4.78, 5) is 27.5. The average molecular weight is 511 g/mol. The van der Waals surface area contributed by atoms with Gasteiger partial charge in [0.15, 0.2) is 11.5 Å². The molecule has 1 aliphatic rings. The van der Waals surface area contributed by atoms with Gasteiger partial charge in [-0.05, 0) is 72.9 Å². The number of benzene rings is 3. The molecule has 0 radical (unpaired) electrons. The highest BCUT2D eigenvalue weighted by Crippen LogP contribution is 2.32. The van der Waals surface area contributed by atoms with Crippen molar-refractivity contribution in [3.8, 4) is 17.6 Å². The molecule has 4 rings (SSSR count). The summed E-state index contributed by atoms with van der Waals surface area (Å²) in [5.41, 5.74) is 3.01. The van der Waals surface area contributed by atoms with E-state index in [9.17, 15) is 19.2 Å². The van der Waals surface area contributed by atoms with Crippen LogP contribution < -0.4 is 9.47 Å². The highest BCUT2D eigenvalue weighted by molar-refractivity contribution is 6.19. The molecule has 0 aliphatic carbocycles. The Balaban J connectivity index is 1.61. The first-order valence-electron chi connectivity index (χ1n) is 12.3. The molecule has 0 saturated heterocycles. The van der Waals surface area contributed by atoms with Crippen molar-refractivity contribution in [1.82, 2.24) is 4.90 Å². The second-order valence-electron chi connectivity index (χ2n) is 8.72. The van der Waals surface area contributed by atoms with E-state index in [1.165, 1.54) is 12.1 Å². The van der Waals surface area contributed by atoms with Crippen LogP contribution in [0.5, 0.6) is 11.5 Å². The molecule has 0 unspecified atom stereocenters. The summed E-state index contributed by atoms with van der Waals surface area (Å²) in [7, 11) is 0. The molecule has 38 heavy (non-hydrogen) atoms. The molecule has 0 fully saturated rings. The van der Waals surface area contributed by atoms with E-state index >= 15 is 0 Å². The predicted molar refractivity (Wildman–Crippen MR) is 141 cm³/mol. The van der Waals surface area contributed by atoms with Crippen LogP contribution in [0.15, 0.2) is 89.5 Å². The molecule has 6 nitrogen and oxygen atoms in total. The number of ether oxygens (including phenoxy) is 2. The summed E-state index contributed by atoms with van der Waals surface area (Å²) in [6.07, 6.45) is 2.14. The van der Waals surface area contributed by atoms with Crippen molar-refractivity contribution in [2.24, 2.45) is 0 Å². The molecule has 3 aromatic rings. The third kappa shape index (κ3) is 5.98. The quantitative estimate of drug-likeness (QED) is 0.275. The Hall–Kier alpha value is -4.70. The lowest BCUT2D eigenvalue weighted by molar-refractivity contribution is -0.140. The maximum absolute atomic E-state index is 13.4. The van der Waals surface area contributed by atoms with Gasteiger partial charge in [-0.1, -0.05) is 48.5 Å². The van der Waals surface area contributed by atoms with Crippen LogP contribution in [-0.2, 0) is 22.6 Å². The van der Waals surface area contributed by atoms with E-state index in [1.54, 1.807) is 43.3 Å². The zero-order chi connectivity index (χ0) is 27.1. The van der Waals surface area contributed by atoms with E-state index in [0.717, 1.165) is 16.0 Å². The number of carbonyl (C=O) groups excluding carboxylic acids is 2. The monoisotopic (exact) mass is 510 g/mol. The Morgan fingerprint density at radius 3 is 2.34 bits per heavy atom. The van der Waals surface area contributed by atoms with E-state index in [4.69, 9.17) is 9.47 Å². The van der Waals surface area contributed by atoms with Gasteiger partial charge in [0.25, 0.3) is 11.8 Å². The lowest BCUT2D eigenvalue weighted by Crippen LogP contribution is -2.43. The first-order chi connectivity index (χ1) is 18.4. The number of hydrogen-bond donors (Lipinski definition) is 0. The molecule has 0 aromatic heterocycles. The third-order valence-electron chi connectivity index (χ3n) is 6.18. The summed E-state index contributed by atoms with van der Waals surface area (Å²) in [5, 5.41) is 9.67. The second-order valence-corrected chi connectivity index (χ2v) is 8.72. The Bertz CT molecular complexity index is 1440. The summed E-state index contributed by atoms with van der Waals surface area (Å²) < 4.78 is 24.9. The van der Waals surface area contributed by atoms with Gasteiger partial charge in [-0.3, -0.25) is 14.5 Å². The third-order valence-corrected chi connectivity index (χ3v) is 6.18. The first kappa shape index (κ1) is 26.4. The maximum Gasteiger partial charge on any atom is 0.271 e. The van der Waals surface area contributed by atoms with Crippen molar-refractivity contribution < 1.29 is 23.5 Å². The van der Waals surface area contributed by atoms with Crippen LogP contribution in [0, 0.1) is 17.1 Å². The lowest BCUT2D eigenvalue weighted by atomic mass is 9.93. The summed E-state index contributed by atoms with van der Waals surface area (Å²) in [5.74, 6) is -0.369. The molecule has 0 bridgehead atoms. The highest BCUT2D eigenvalue weighted by Gasteiger charge is 2.35. The molecule has 192 valence electrons. The van der Waals surface area contributed by atoms with Crippen LogP contribution in [0.3, 0.4) is 0 Å². The predicted octanol–water partition coefficient (Wildman–Crippen LogP) is 5.64. The van der Waals surface area contributed by atoms with Crippen molar-refractivity contribution in [3.05, 3.63) is 112 Å². The van der Waals surface area contributed by atoms with Crippen molar-refractivity contribution >= 4 is 17.9 Å². The minimum atomic E-state index is -0.581. The molecular formula is C31H27FN2O4. The molecular weight excluding hydrogens is 483 g/mol. The summed E-state index contributed by atoms with van der Waals surface area (Å²) in [6.45, 7) is 4.24. The van der Waals surface area contributed by atoms with Crippen LogP contribution in [-0.4, -0.2) is 29.9 Å². The highest BCUT2D eigenvalue weighted by atomic mass is 19.1. The van der Waals surface area contributed by atoms with Gasteiger partial charge in [-0.2, -0.15) is 5.26 Å². The lowest BCUT2D eigenvalue weighted by Gasteiger charge is -2.27. The number of hydrogen-bond acceptors (Lipinski definition) is 5. The molecule has 0 N–H and O–H groups in total. The first-order valence-corrected chi connectivity index (χ1v) is 12.3. The normalized spacial score (nSPS) is 14.6. The minimum Gasteiger partial charge on any atom is -0.490 e. The zero-order valence-corrected chi connectivity index (χ0v) is 21.2. The standard InChI is InChI=1S/C31H27FN2O4/c1-3-37-29-18-24(11-14-28(29)38-20-23-9-12-25(32)13-10-23)17-26-21(2)27(19-33)31(36)34(30(26)35)16-15-22-7-5-4-6-8-22/h4-14,17-18H,3,15-16,20H2,1-2H3/b26-17+. The molecule has 1 aliphatic heterocycles. The number of halogens is 1. The average Bonchev–Trinajstić information content (AvgIpc) is 2.92. The van der Waals surface area contributed by atoms with Gasteiger partial charge >= 0.3 is 0 Å². The van der Waals surface area contributed by atoms with Gasteiger partial charge in [0.2, 0.25) is 0 Å². The number of carbonyl (C=O) groups is 2. The van der Waals surface area contributed by atoms with E-state index in [2.05, 4.69) is 0 Å². The Morgan fingerprint density at radius 1 is 0.921 bits per heavy atom. The van der Waals surface area contributed by atoms with Gasteiger partial charge in [0.1, 0.15) is 24.1 Å². The second kappa shape index (κ2) is 12.0. The zero-order valence-electron chi connectivity index (χ0n) is 21.2. The Morgan fingerprint density at radius 2 is 1.66 bits per heavy atom. The van der Waals surface area contributed by atoms with Crippen molar-refractivity contribution in [2.75, 3.05) is 13.2 Å². The van der Waals surface area contributed by atoms with E-state index in [-0.39, 0.29) is 30.1 Å². The molecule has 0 spiro atoms. The topological polar surface area (TPSA) is 79.6 Å². The van der Waals surface area contributed by atoms with Crippen molar-refractivity contribution in [1.29, 1.82) is 5.26 Å². The molecule has 0 saturated carbocycles. The molecule has 3 aromatic carbocycles. The fraction of sp³-hybridized carbons (Fsp3) is 0.194.